The number of halogens is 3. The zero-order chi connectivity index (χ0) is 19.5. The smallest absolute Gasteiger partial charge is 0.391 e. The van der Waals surface area contributed by atoms with Crippen molar-refractivity contribution in [2.75, 3.05) is 14.2 Å². The molecule has 0 bridgehead atoms. The van der Waals surface area contributed by atoms with Gasteiger partial charge >= 0.3 is 6.18 Å². The van der Waals surface area contributed by atoms with Crippen molar-refractivity contribution in [3.8, 4) is 11.5 Å². The van der Waals surface area contributed by atoms with Crippen LogP contribution in [0.1, 0.15) is 36.0 Å². The molecular formula is C16H19F3N2O5. The van der Waals surface area contributed by atoms with Gasteiger partial charge in [-0.2, -0.15) is 13.2 Å². The predicted octanol–water partition coefficient (Wildman–Crippen LogP) is 3.46. The molecule has 0 unspecified atom stereocenters. The molecule has 10 heteroatoms. The Kier molecular flexibility index (Phi) is 5.94. The Labute approximate surface area is 147 Å². The van der Waals surface area contributed by atoms with E-state index in [1.165, 1.54) is 14.2 Å². The summed E-state index contributed by atoms with van der Waals surface area (Å²) in [6.45, 7) is 0. The van der Waals surface area contributed by atoms with E-state index in [9.17, 15) is 28.1 Å². The average molecular weight is 376 g/mol. The number of alkyl halides is 3. The predicted molar refractivity (Wildman–Crippen MR) is 85.5 cm³/mol. The summed E-state index contributed by atoms with van der Waals surface area (Å²) in [6.07, 6.45) is -3.83. The third kappa shape index (κ3) is 4.36. The largest absolute Gasteiger partial charge is 0.493 e. The first-order valence-electron chi connectivity index (χ1n) is 7.95. The van der Waals surface area contributed by atoms with E-state index < -0.39 is 34.7 Å². The number of hydrogen-bond donors (Lipinski definition) is 1. The number of nitro groups is 1. The number of ether oxygens (including phenoxy) is 2. The van der Waals surface area contributed by atoms with Gasteiger partial charge in [-0.25, -0.2) is 0 Å². The maximum atomic E-state index is 12.9. The summed E-state index contributed by atoms with van der Waals surface area (Å²) < 4.78 is 48.7. The number of rotatable bonds is 5. The first-order chi connectivity index (χ1) is 12.2. The summed E-state index contributed by atoms with van der Waals surface area (Å²) in [5.41, 5.74) is -0.801. The summed E-state index contributed by atoms with van der Waals surface area (Å²) in [7, 11) is 2.60. The standard InChI is InChI=1S/C16H19F3N2O5/c1-25-13-7-11(12(21(23)24)8-14(13)26-2)15(22)20-10-5-3-4-9(6-10)16(17,18)19/h7-10H,3-6H2,1-2H3,(H,20,22)/t9-,10+/m1/s1. The van der Waals surface area contributed by atoms with Crippen LogP contribution in [0.25, 0.3) is 0 Å². The minimum Gasteiger partial charge on any atom is -0.493 e. The highest BCUT2D eigenvalue weighted by Gasteiger charge is 2.42. The van der Waals surface area contributed by atoms with Gasteiger partial charge < -0.3 is 14.8 Å². The van der Waals surface area contributed by atoms with Crippen LogP contribution in [0.3, 0.4) is 0 Å². The molecule has 1 aromatic carbocycles. The fourth-order valence-corrected chi connectivity index (χ4v) is 3.08. The van der Waals surface area contributed by atoms with Gasteiger partial charge in [0.15, 0.2) is 11.5 Å². The quantitative estimate of drug-likeness (QED) is 0.628. The van der Waals surface area contributed by atoms with E-state index in [0.717, 1.165) is 12.1 Å². The number of carbonyl (C=O) groups is 1. The molecule has 2 rings (SSSR count). The fraction of sp³-hybridized carbons (Fsp3) is 0.562. The SMILES string of the molecule is COc1cc(C(=O)N[C@H]2CCC[C@@H](C(F)(F)F)C2)c([N+](=O)[O-])cc1OC. The van der Waals surface area contributed by atoms with Gasteiger partial charge in [-0.3, -0.25) is 14.9 Å². The average Bonchev–Trinajstić information content (AvgIpc) is 2.59. The minimum absolute atomic E-state index is 0.0202. The fourth-order valence-electron chi connectivity index (χ4n) is 3.08. The van der Waals surface area contributed by atoms with Crippen molar-refractivity contribution in [2.24, 2.45) is 5.92 Å². The van der Waals surface area contributed by atoms with E-state index in [-0.39, 0.29) is 29.9 Å². The number of nitrogens with one attached hydrogen (secondary N) is 1. The van der Waals surface area contributed by atoms with Crippen molar-refractivity contribution in [3.05, 3.63) is 27.8 Å². The van der Waals surface area contributed by atoms with E-state index in [1.807, 2.05) is 0 Å². The molecule has 144 valence electrons. The molecule has 1 aliphatic rings. The number of carbonyl (C=O) groups excluding carboxylic acids is 1. The lowest BCUT2D eigenvalue weighted by Gasteiger charge is -2.31. The Bertz CT molecular complexity index is 693. The van der Waals surface area contributed by atoms with E-state index >= 15 is 0 Å². The molecule has 1 saturated carbocycles. The molecule has 0 saturated heterocycles. The zero-order valence-corrected chi connectivity index (χ0v) is 14.3. The van der Waals surface area contributed by atoms with Gasteiger partial charge in [-0.1, -0.05) is 6.42 Å². The zero-order valence-electron chi connectivity index (χ0n) is 14.3. The lowest BCUT2D eigenvalue weighted by molar-refractivity contribution is -0.385. The van der Waals surface area contributed by atoms with Gasteiger partial charge in [0, 0.05) is 12.1 Å². The van der Waals surface area contributed by atoms with Gasteiger partial charge in [0.2, 0.25) is 0 Å². The highest BCUT2D eigenvalue weighted by atomic mass is 19.4. The number of methoxy groups -OCH3 is 2. The highest BCUT2D eigenvalue weighted by molar-refractivity contribution is 5.99. The summed E-state index contributed by atoms with van der Waals surface area (Å²) >= 11 is 0. The van der Waals surface area contributed by atoms with Gasteiger partial charge in [0.1, 0.15) is 5.56 Å². The summed E-state index contributed by atoms with van der Waals surface area (Å²) in [5, 5.41) is 13.7. The molecule has 0 spiro atoms. The lowest BCUT2D eigenvalue weighted by atomic mass is 9.85. The minimum atomic E-state index is -4.32. The van der Waals surface area contributed by atoms with Crippen LogP contribution in [0.4, 0.5) is 18.9 Å². The first kappa shape index (κ1) is 19.8. The second-order valence-corrected chi connectivity index (χ2v) is 6.06. The molecule has 1 aromatic rings. The van der Waals surface area contributed by atoms with Crippen molar-refractivity contribution in [1.82, 2.24) is 5.32 Å². The molecule has 1 aliphatic carbocycles. The van der Waals surface area contributed by atoms with Crippen molar-refractivity contribution in [1.29, 1.82) is 0 Å². The van der Waals surface area contributed by atoms with Crippen LogP contribution in [-0.2, 0) is 0 Å². The van der Waals surface area contributed by atoms with Crippen LogP contribution in [0.15, 0.2) is 12.1 Å². The maximum Gasteiger partial charge on any atom is 0.391 e. The number of nitrogens with zero attached hydrogens (tertiary/aromatic N) is 1. The molecule has 26 heavy (non-hydrogen) atoms. The van der Waals surface area contributed by atoms with Gasteiger partial charge in [0.05, 0.1) is 31.1 Å². The molecule has 0 heterocycles. The number of nitro benzene ring substituents is 1. The number of benzene rings is 1. The Hall–Kier alpha value is -2.52. The van der Waals surface area contributed by atoms with Crippen LogP contribution >= 0.6 is 0 Å². The summed E-state index contributed by atoms with van der Waals surface area (Å²) in [6, 6.07) is 1.50. The molecule has 0 aliphatic heterocycles. The third-order valence-corrected chi connectivity index (χ3v) is 4.42. The number of amides is 1. The normalized spacial score (nSPS) is 20.3. The Balaban J connectivity index is 2.24. The monoisotopic (exact) mass is 376 g/mol. The van der Waals surface area contributed by atoms with Crippen LogP contribution in [0.2, 0.25) is 0 Å². The molecule has 2 atom stereocenters. The second kappa shape index (κ2) is 7.79. The van der Waals surface area contributed by atoms with Crippen molar-refractivity contribution >= 4 is 11.6 Å². The van der Waals surface area contributed by atoms with Crippen LogP contribution < -0.4 is 14.8 Å². The van der Waals surface area contributed by atoms with Crippen LogP contribution in [-0.4, -0.2) is 37.3 Å². The van der Waals surface area contributed by atoms with E-state index in [2.05, 4.69) is 5.32 Å². The molecule has 7 nitrogen and oxygen atoms in total. The third-order valence-electron chi connectivity index (χ3n) is 4.42. The van der Waals surface area contributed by atoms with Crippen LogP contribution in [0, 0.1) is 16.0 Å². The first-order valence-corrected chi connectivity index (χ1v) is 7.95. The highest BCUT2D eigenvalue weighted by Crippen LogP contribution is 2.38. The molecular weight excluding hydrogens is 357 g/mol. The van der Waals surface area contributed by atoms with Crippen molar-refractivity contribution in [2.45, 2.75) is 37.9 Å². The summed E-state index contributed by atoms with van der Waals surface area (Å²) in [4.78, 5) is 23.0. The molecule has 0 aromatic heterocycles. The maximum absolute atomic E-state index is 12.9. The van der Waals surface area contributed by atoms with Gasteiger partial charge in [-0.15, -0.1) is 0 Å². The Morgan fingerprint density at radius 3 is 2.38 bits per heavy atom. The Morgan fingerprint density at radius 2 is 1.85 bits per heavy atom. The van der Waals surface area contributed by atoms with E-state index in [1.54, 1.807) is 0 Å². The molecule has 1 fully saturated rings. The van der Waals surface area contributed by atoms with Crippen molar-refractivity contribution in [3.63, 3.8) is 0 Å². The number of hydrogen-bond acceptors (Lipinski definition) is 5. The molecule has 1 amide bonds. The lowest BCUT2D eigenvalue weighted by Crippen LogP contribution is -2.41. The summed E-state index contributed by atoms with van der Waals surface area (Å²) in [5.74, 6) is -2.11. The second-order valence-electron chi connectivity index (χ2n) is 6.06. The van der Waals surface area contributed by atoms with E-state index in [4.69, 9.17) is 9.47 Å². The molecule has 0 radical (unpaired) electrons. The van der Waals surface area contributed by atoms with Crippen LogP contribution in [0.5, 0.6) is 11.5 Å². The van der Waals surface area contributed by atoms with E-state index in [0.29, 0.717) is 12.8 Å². The van der Waals surface area contributed by atoms with Gasteiger partial charge in [0.25, 0.3) is 11.6 Å². The van der Waals surface area contributed by atoms with Crippen molar-refractivity contribution < 1.29 is 32.4 Å². The Morgan fingerprint density at radius 1 is 1.23 bits per heavy atom. The molecule has 1 N–H and O–H groups in total. The topological polar surface area (TPSA) is 90.7 Å². The van der Waals surface area contributed by atoms with Gasteiger partial charge in [-0.05, 0) is 19.3 Å².